The van der Waals surface area contributed by atoms with Crippen LogP contribution in [0, 0.1) is 0 Å². The number of halogens is 1. The van der Waals surface area contributed by atoms with Gasteiger partial charge in [-0.15, -0.1) is 0 Å². The highest BCUT2D eigenvalue weighted by molar-refractivity contribution is 6.31. The molecule has 1 aromatic carbocycles. The van der Waals surface area contributed by atoms with Crippen LogP contribution in [0.5, 0.6) is 0 Å². The van der Waals surface area contributed by atoms with Crippen molar-refractivity contribution >= 4 is 34.1 Å². The quantitative estimate of drug-likeness (QED) is 0.760. The summed E-state index contributed by atoms with van der Waals surface area (Å²) in [5, 5.41) is 9.71. The van der Waals surface area contributed by atoms with Crippen molar-refractivity contribution in [3.63, 3.8) is 0 Å². The van der Waals surface area contributed by atoms with Crippen molar-refractivity contribution in [2.45, 2.75) is 12.8 Å². The normalized spacial score (nSPS) is 18.9. The van der Waals surface area contributed by atoms with E-state index in [4.69, 9.17) is 11.6 Å². The largest absolute Gasteiger partial charge is 0.370 e. The molecule has 1 aromatic heterocycles. The van der Waals surface area contributed by atoms with E-state index >= 15 is 0 Å². The Kier molecular flexibility index (Phi) is 3.07. The van der Waals surface area contributed by atoms with Gasteiger partial charge in [-0.2, -0.15) is 5.10 Å². The van der Waals surface area contributed by atoms with E-state index in [0.29, 0.717) is 6.54 Å². The standard InChI is InChI=1S/C15H16ClN5/c16-9-1-2-11-10(7-9)15-12(20-11)3-4-13(15)21-19-8-14-17-5-6-18-14/h1-2,7,19-20H,3-6,8H2,(H,17,18). The van der Waals surface area contributed by atoms with E-state index in [1.165, 1.54) is 11.3 Å². The van der Waals surface area contributed by atoms with Crippen LogP contribution in [0.15, 0.2) is 28.3 Å². The van der Waals surface area contributed by atoms with Gasteiger partial charge in [0.2, 0.25) is 0 Å². The first-order valence-corrected chi connectivity index (χ1v) is 7.56. The second kappa shape index (κ2) is 5.07. The number of hydrazone groups is 1. The summed E-state index contributed by atoms with van der Waals surface area (Å²) in [5.74, 6) is 0.986. The van der Waals surface area contributed by atoms with Gasteiger partial charge in [0, 0.05) is 33.7 Å². The van der Waals surface area contributed by atoms with Gasteiger partial charge in [0.25, 0.3) is 0 Å². The van der Waals surface area contributed by atoms with Gasteiger partial charge in [-0.1, -0.05) is 11.6 Å². The van der Waals surface area contributed by atoms with Crippen LogP contribution in [-0.2, 0) is 6.42 Å². The number of aromatic amines is 1. The number of H-pyrrole nitrogens is 1. The number of aliphatic imine (C=N–C) groups is 1. The van der Waals surface area contributed by atoms with Gasteiger partial charge in [0.1, 0.15) is 5.84 Å². The maximum Gasteiger partial charge on any atom is 0.118 e. The van der Waals surface area contributed by atoms with Crippen molar-refractivity contribution in [2.24, 2.45) is 10.1 Å². The Labute approximate surface area is 127 Å². The van der Waals surface area contributed by atoms with Gasteiger partial charge in [0.15, 0.2) is 0 Å². The SMILES string of the molecule is Clc1ccc2[nH]c3c(c2c1)C(=NNCC1=NCCN1)CC3. The number of amidine groups is 1. The second-order valence-corrected chi connectivity index (χ2v) is 5.75. The predicted molar refractivity (Wildman–Crippen MR) is 86.5 cm³/mol. The van der Waals surface area contributed by atoms with Crippen LogP contribution < -0.4 is 10.7 Å². The first-order valence-electron chi connectivity index (χ1n) is 7.18. The van der Waals surface area contributed by atoms with Gasteiger partial charge in [-0.05, 0) is 31.0 Å². The first kappa shape index (κ1) is 12.7. The number of rotatable bonds is 3. The van der Waals surface area contributed by atoms with E-state index in [2.05, 4.69) is 25.8 Å². The Bertz CT molecular complexity index is 759. The Morgan fingerprint density at radius 1 is 1.33 bits per heavy atom. The molecule has 0 amide bonds. The number of hydrogen-bond donors (Lipinski definition) is 3. The molecule has 0 unspecified atom stereocenters. The Balaban J connectivity index is 1.62. The van der Waals surface area contributed by atoms with Crippen LogP contribution in [0.4, 0.5) is 0 Å². The van der Waals surface area contributed by atoms with E-state index in [0.717, 1.165) is 53.4 Å². The fourth-order valence-electron chi connectivity index (χ4n) is 2.99. The lowest BCUT2D eigenvalue weighted by atomic mass is 10.1. The molecule has 0 radical (unpaired) electrons. The minimum Gasteiger partial charge on any atom is -0.370 e. The van der Waals surface area contributed by atoms with Gasteiger partial charge in [0.05, 0.1) is 18.8 Å². The molecule has 1 aliphatic heterocycles. The molecule has 0 saturated carbocycles. The molecule has 2 aromatic rings. The summed E-state index contributed by atoms with van der Waals surface area (Å²) < 4.78 is 0. The number of nitrogens with zero attached hydrogens (tertiary/aromatic N) is 2. The predicted octanol–water partition coefficient (Wildman–Crippen LogP) is 2.06. The van der Waals surface area contributed by atoms with Crippen molar-refractivity contribution in [1.29, 1.82) is 0 Å². The number of aryl methyl sites for hydroxylation is 1. The molecular formula is C15H16ClN5. The molecule has 2 heterocycles. The average molecular weight is 302 g/mol. The van der Waals surface area contributed by atoms with Crippen molar-refractivity contribution in [1.82, 2.24) is 15.7 Å². The molecule has 0 spiro atoms. The van der Waals surface area contributed by atoms with Crippen LogP contribution in [-0.4, -0.2) is 36.2 Å². The van der Waals surface area contributed by atoms with Gasteiger partial charge >= 0.3 is 0 Å². The summed E-state index contributed by atoms with van der Waals surface area (Å²) >= 11 is 6.12. The van der Waals surface area contributed by atoms with Crippen LogP contribution in [0.3, 0.4) is 0 Å². The summed E-state index contributed by atoms with van der Waals surface area (Å²) in [6, 6.07) is 5.95. The average Bonchev–Trinajstić information content (AvgIpc) is 3.16. The molecule has 3 N–H and O–H groups in total. The molecule has 1 aliphatic carbocycles. The summed E-state index contributed by atoms with van der Waals surface area (Å²) in [6.07, 6.45) is 1.96. The first-order chi connectivity index (χ1) is 10.3. The molecule has 6 heteroatoms. The van der Waals surface area contributed by atoms with Crippen LogP contribution in [0.1, 0.15) is 17.7 Å². The molecule has 108 valence electrons. The third-order valence-electron chi connectivity index (χ3n) is 3.94. The molecule has 4 rings (SSSR count). The maximum atomic E-state index is 6.12. The third kappa shape index (κ3) is 2.27. The van der Waals surface area contributed by atoms with E-state index in [1.54, 1.807) is 0 Å². The number of benzene rings is 1. The second-order valence-electron chi connectivity index (χ2n) is 5.32. The van der Waals surface area contributed by atoms with Gasteiger partial charge in [-0.25, -0.2) is 0 Å². The number of hydrogen-bond acceptors (Lipinski definition) is 4. The number of nitrogens with one attached hydrogen (secondary N) is 3. The summed E-state index contributed by atoms with van der Waals surface area (Å²) in [7, 11) is 0. The Morgan fingerprint density at radius 2 is 2.29 bits per heavy atom. The van der Waals surface area contributed by atoms with Crippen molar-refractivity contribution in [2.75, 3.05) is 19.6 Å². The van der Waals surface area contributed by atoms with E-state index in [1.807, 2.05) is 18.2 Å². The minimum absolute atomic E-state index is 0.655. The molecule has 0 fully saturated rings. The fraction of sp³-hybridized carbons (Fsp3) is 0.333. The zero-order chi connectivity index (χ0) is 14.2. The number of aromatic nitrogens is 1. The van der Waals surface area contributed by atoms with Gasteiger partial charge < -0.3 is 15.7 Å². The Hall–Kier alpha value is -2.01. The monoisotopic (exact) mass is 301 g/mol. The summed E-state index contributed by atoms with van der Waals surface area (Å²) in [6.45, 7) is 2.44. The topological polar surface area (TPSA) is 64.6 Å². The zero-order valence-corrected chi connectivity index (χ0v) is 12.3. The van der Waals surface area contributed by atoms with Gasteiger partial charge in [-0.3, -0.25) is 4.99 Å². The lowest BCUT2D eigenvalue weighted by Crippen LogP contribution is -2.29. The molecule has 0 saturated heterocycles. The highest BCUT2D eigenvalue weighted by Gasteiger charge is 2.23. The van der Waals surface area contributed by atoms with Crippen LogP contribution in [0.25, 0.3) is 10.9 Å². The third-order valence-corrected chi connectivity index (χ3v) is 4.18. The fourth-order valence-corrected chi connectivity index (χ4v) is 3.16. The van der Waals surface area contributed by atoms with Crippen molar-refractivity contribution in [3.8, 4) is 0 Å². The molecule has 0 bridgehead atoms. The maximum absolute atomic E-state index is 6.12. The minimum atomic E-state index is 0.655. The van der Waals surface area contributed by atoms with Crippen molar-refractivity contribution in [3.05, 3.63) is 34.5 Å². The van der Waals surface area contributed by atoms with Crippen LogP contribution >= 0.6 is 11.6 Å². The lowest BCUT2D eigenvalue weighted by molar-refractivity contribution is 0.824. The zero-order valence-electron chi connectivity index (χ0n) is 11.5. The number of fused-ring (bicyclic) bond motifs is 3. The van der Waals surface area contributed by atoms with Crippen LogP contribution in [0.2, 0.25) is 5.02 Å². The molecule has 0 atom stereocenters. The summed E-state index contributed by atoms with van der Waals surface area (Å²) in [4.78, 5) is 7.81. The van der Waals surface area contributed by atoms with E-state index in [-0.39, 0.29) is 0 Å². The highest BCUT2D eigenvalue weighted by Crippen LogP contribution is 2.31. The van der Waals surface area contributed by atoms with E-state index < -0.39 is 0 Å². The van der Waals surface area contributed by atoms with E-state index in [9.17, 15) is 0 Å². The molecule has 21 heavy (non-hydrogen) atoms. The Morgan fingerprint density at radius 3 is 3.14 bits per heavy atom. The molecule has 5 nitrogen and oxygen atoms in total. The summed E-state index contributed by atoms with van der Waals surface area (Å²) in [5.41, 5.74) is 7.81. The smallest absolute Gasteiger partial charge is 0.118 e. The molecular weight excluding hydrogens is 286 g/mol. The molecule has 2 aliphatic rings. The highest BCUT2D eigenvalue weighted by atomic mass is 35.5. The lowest BCUT2D eigenvalue weighted by Gasteiger charge is -2.04. The van der Waals surface area contributed by atoms with Crippen molar-refractivity contribution < 1.29 is 0 Å².